The van der Waals surface area contributed by atoms with Gasteiger partial charge in [-0.1, -0.05) is 29.8 Å². The van der Waals surface area contributed by atoms with E-state index >= 15 is 0 Å². The molecule has 17 heavy (non-hydrogen) atoms. The molecule has 1 N–H and O–H groups in total. The molecule has 2 aromatic rings. The molecule has 0 unspecified atom stereocenters. The van der Waals surface area contributed by atoms with Crippen molar-refractivity contribution in [3.8, 4) is 0 Å². The zero-order valence-corrected chi connectivity index (χ0v) is 10.4. The molecule has 0 saturated carbocycles. The third-order valence-electron chi connectivity index (χ3n) is 2.60. The van der Waals surface area contributed by atoms with E-state index in [1.54, 1.807) is 6.20 Å². The maximum atomic E-state index is 6.07. The first-order chi connectivity index (χ1) is 8.36. The first-order valence-electron chi connectivity index (χ1n) is 5.76. The van der Waals surface area contributed by atoms with Crippen LogP contribution in [0.4, 0.5) is 0 Å². The fourth-order valence-electron chi connectivity index (χ4n) is 1.67. The molecular formula is C13H16ClN3. The van der Waals surface area contributed by atoms with E-state index in [1.807, 2.05) is 36.8 Å². The van der Waals surface area contributed by atoms with Crippen LogP contribution in [0.2, 0.25) is 5.02 Å². The van der Waals surface area contributed by atoms with Crippen LogP contribution in [0.25, 0.3) is 0 Å². The van der Waals surface area contributed by atoms with Gasteiger partial charge in [0.2, 0.25) is 0 Å². The van der Waals surface area contributed by atoms with Gasteiger partial charge in [-0.15, -0.1) is 0 Å². The summed E-state index contributed by atoms with van der Waals surface area (Å²) in [5, 5.41) is 4.22. The first-order valence-corrected chi connectivity index (χ1v) is 6.14. The number of aryl methyl sites for hydroxylation is 1. The Balaban J connectivity index is 1.65. The van der Waals surface area contributed by atoms with Crippen LogP contribution >= 0.6 is 11.6 Å². The van der Waals surface area contributed by atoms with Crippen LogP contribution in [0.3, 0.4) is 0 Å². The fraction of sp³-hybridized carbons (Fsp3) is 0.308. The summed E-state index contributed by atoms with van der Waals surface area (Å²) < 4.78 is 2.08. The highest BCUT2D eigenvalue weighted by atomic mass is 35.5. The zero-order valence-electron chi connectivity index (χ0n) is 9.64. The lowest BCUT2D eigenvalue weighted by molar-refractivity contribution is 0.581. The molecule has 0 aliphatic carbocycles. The summed E-state index contributed by atoms with van der Waals surface area (Å²) in [5.41, 5.74) is 1.15. The number of nitrogens with one attached hydrogen (secondary N) is 1. The summed E-state index contributed by atoms with van der Waals surface area (Å²) in [6, 6.07) is 7.93. The van der Waals surface area contributed by atoms with Gasteiger partial charge in [-0.2, -0.15) is 0 Å². The van der Waals surface area contributed by atoms with Crippen molar-refractivity contribution in [1.82, 2.24) is 14.9 Å². The predicted octanol–water partition coefficient (Wildman–Crippen LogP) is 2.72. The van der Waals surface area contributed by atoms with Gasteiger partial charge < -0.3 is 9.88 Å². The van der Waals surface area contributed by atoms with Crippen molar-refractivity contribution in [2.45, 2.75) is 19.5 Å². The lowest BCUT2D eigenvalue weighted by Crippen LogP contribution is -2.16. The Labute approximate surface area is 106 Å². The van der Waals surface area contributed by atoms with Crippen molar-refractivity contribution in [3.05, 3.63) is 53.6 Å². The SMILES string of the molecule is Clc1ccccc1CNCCCn1ccnc1. The molecule has 1 aromatic carbocycles. The minimum absolute atomic E-state index is 0.823. The van der Waals surface area contributed by atoms with Crippen LogP contribution in [0.1, 0.15) is 12.0 Å². The van der Waals surface area contributed by atoms with Crippen molar-refractivity contribution < 1.29 is 0 Å². The molecule has 3 nitrogen and oxygen atoms in total. The summed E-state index contributed by atoms with van der Waals surface area (Å²) in [6.07, 6.45) is 6.71. The molecule has 0 saturated heterocycles. The molecule has 0 fully saturated rings. The number of hydrogen-bond donors (Lipinski definition) is 1. The summed E-state index contributed by atoms with van der Waals surface area (Å²) in [7, 11) is 0. The fourth-order valence-corrected chi connectivity index (χ4v) is 1.87. The van der Waals surface area contributed by atoms with Crippen LogP contribution in [-0.4, -0.2) is 16.1 Å². The molecule has 0 aliphatic rings. The number of benzene rings is 1. The molecule has 1 heterocycles. The Hall–Kier alpha value is -1.32. The van der Waals surface area contributed by atoms with E-state index in [2.05, 4.69) is 14.9 Å². The van der Waals surface area contributed by atoms with Gasteiger partial charge in [-0.25, -0.2) is 4.98 Å². The molecule has 0 bridgehead atoms. The Bertz CT molecular complexity index is 440. The Morgan fingerprint density at radius 3 is 2.94 bits per heavy atom. The number of nitrogens with zero attached hydrogens (tertiary/aromatic N) is 2. The van der Waals surface area contributed by atoms with E-state index in [9.17, 15) is 0 Å². The maximum Gasteiger partial charge on any atom is 0.0945 e. The van der Waals surface area contributed by atoms with Gasteiger partial charge in [-0.05, 0) is 24.6 Å². The second kappa shape index (κ2) is 6.42. The lowest BCUT2D eigenvalue weighted by atomic mass is 10.2. The normalized spacial score (nSPS) is 10.6. The van der Waals surface area contributed by atoms with Gasteiger partial charge in [0.05, 0.1) is 6.33 Å². The number of halogens is 1. The standard InChI is InChI=1S/C13H16ClN3/c14-13-5-2-1-4-12(13)10-15-6-3-8-17-9-7-16-11-17/h1-2,4-5,7,9,11,15H,3,6,8,10H2. The van der Waals surface area contributed by atoms with Gasteiger partial charge in [0, 0.05) is 30.5 Å². The minimum atomic E-state index is 0.823. The van der Waals surface area contributed by atoms with Gasteiger partial charge in [0.15, 0.2) is 0 Å². The molecule has 4 heteroatoms. The monoisotopic (exact) mass is 249 g/mol. The van der Waals surface area contributed by atoms with Crippen molar-refractivity contribution in [3.63, 3.8) is 0 Å². The number of hydrogen-bond acceptors (Lipinski definition) is 2. The predicted molar refractivity (Wildman–Crippen MR) is 70.0 cm³/mol. The molecule has 0 atom stereocenters. The highest BCUT2D eigenvalue weighted by Crippen LogP contribution is 2.14. The summed E-state index contributed by atoms with van der Waals surface area (Å²) in [5.74, 6) is 0. The molecule has 1 aromatic heterocycles. The summed E-state index contributed by atoms with van der Waals surface area (Å²) >= 11 is 6.07. The Morgan fingerprint density at radius 2 is 2.18 bits per heavy atom. The second-order valence-electron chi connectivity index (χ2n) is 3.92. The summed E-state index contributed by atoms with van der Waals surface area (Å²) in [6.45, 7) is 2.79. The van der Waals surface area contributed by atoms with Gasteiger partial charge in [0.1, 0.15) is 0 Å². The average Bonchev–Trinajstić information content (AvgIpc) is 2.84. The molecular weight excluding hydrogens is 234 g/mol. The Kier molecular flexibility index (Phi) is 4.59. The summed E-state index contributed by atoms with van der Waals surface area (Å²) in [4.78, 5) is 4.01. The second-order valence-corrected chi connectivity index (χ2v) is 4.33. The topological polar surface area (TPSA) is 29.9 Å². The van der Waals surface area contributed by atoms with Gasteiger partial charge in [0.25, 0.3) is 0 Å². The van der Waals surface area contributed by atoms with Crippen LogP contribution < -0.4 is 5.32 Å². The molecule has 0 amide bonds. The van der Waals surface area contributed by atoms with Gasteiger partial charge in [-0.3, -0.25) is 0 Å². The molecule has 0 spiro atoms. The van der Waals surface area contributed by atoms with Gasteiger partial charge >= 0.3 is 0 Å². The van der Waals surface area contributed by atoms with Crippen LogP contribution in [0, 0.1) is 0 Å². The highest BCUT2D eigenvalue weighted by molar-refractivity contribution is 6.31. The van der Waals surface area contributed by atoms with E-state index in [1.165, 1.54) is 0 Å². The lowest BCUT2D eigenvalue weighted by Gasteiger charge is -2.06. The number of imidazole rings is 1. The van der Waals surface area contributed by atoms with Crippen molar-refractivity contribution in [2.75, 3.05) is 6.54 Å². The smallest absolute Gasteiger partial charge is 0.0945 e. The number of rotatable bonds is 6. The highest BCUT2D eigenvalue weighted by Gasteiger charge is 1.97. The van der Waals surface area contributed by atoms with Crippen LogP contribution in [0.15, 0.2) is 43.0 Å². The largest absolute Gasteiger partial charge is 0.337 e. The van der Waals surface area contributed by atoms with Crippen molar-refractivity contribution >= 4 is 11.6 Å². The average molecular weight is 250 g/mol. The van der Waals surface area contributed by atoms with E-state index in [-0.39, 0.29) is 0 Å². The van der Waals surface area contributed by atoms with E-state index < -0.39 is 0 Å². The quantitative estimate of drug-likeness (QED) is 0.798. The molecule has 90 valence electrons. The third-order valence-corrected chi connectivity index (χ3v) is 2.97. The maximum absolute atomic E-state index is 6.07. The van der Waals surface area contributed by atoms with Crippen molar-refractivity contribution in [2.24, 2.45) is 0 Å². The van der Waals surface area contributed by atoms with Crippen LogP contribution in [-0.2, 0) is 13.1 Å². The van der Waals surface area contributed by atoms with Crippen molar-refractivity contribution in [1.29, 1.82) is 0 Å². The third kappa shape index (κ3) is 3.88. The number of aromatic nitrogens is 2. The molecule has 2 rings (SSSR count). The van der Waals surface area contributed by atoms with E-state index in [0.717, 1.165) is 36.6 Å². The molecule has 0 radical (unpaired) electrons. The zero-order chi connectivity index (χ0) is 11.9. The van der Waals surface area contributed by atoms with Crippen LogP contribution in [0.5, 0.6) is 0 Å². The Morgan fingerprint density at radius 1 is 1.29 bits per heavy atom. The van der Waals surface area contributed by atoms with E-state index in [4.69, 9.17) is 11.6 Å². The van der Waals surface area contributed by atoms with E-state index in [0.29, 0.717) is 0 Å². The minimum Gasteiger partial charge on any atom is -0.337 e. The first kappa shape index (κ1) is 12.1. The molecule has 0 aliphatic heterocycles.